The molecule has 2 aromatic rings. The Balaban J connectivity index is 2.37. The minimum atomic E-state index is -3.81. The molecule has 0 aliphatic carbocycles. The zero-order valence-corrected chi connectivity index (χ0v) is 14.6. The highest BCUT2D eigenvalue weighted by molar-refractivity contribution is 7.89. The number of halogens is 1. The fourth-order valence-electron chi connectivity index (χ4n) is 2.18. The van der Waals surface area contributed by atoms with Gasteiger partial charge in [0.25, 0.3) is 0 Å². The number of methoxy groups -OCH3 is 2. The van der Waals surface area contributed by atoms with Gasteiger partial charge in [0.1, 0.15) is 16.4 Å². The fraction of sp³-hybridized carbons (Fsp3) is 0.250. The minimum Gasteiger partial charge on any atom is -0.497 e. The lowest BCUT2D eigenvalue weighted by Crippen LogP contribution is -2.27. The summed E-state index contributed by atoms with van der Waals surface area (Å²) in [6.07, 6.45) is 0. The predicted octanol–water partition coefficient (Wildman–Crippen LogP) is 3.40. The average Bonchev–Trinajstić information content (AvgIpc) is 2.54. The third kappa shape index (κ3) is 3.96. The largest absolute Gasteiger partial charge is 0.497 e. The quantitative estimate of drug-likeness (QED) is 0.862. The molecule has 0 spiro atoms. The van der Waals surface area contributed by atoms with E-state index in [1.165, 1.54) is 20.3 Å². The van der Waals surface area contributed by atoms with Crippen molar-refractivity contribution in [3.05, 3.63) is 53.1 Å². The number of sulfonamides is 1. The second-order valence-corrected chi connectivity index (χ2v) is 6.97. The van der Waals surface area contributed by atoms with E-state index in [0.29, 0.717) is 16.3 Å². The molecule has 1 atom stereocenters. The number of benzene rings is 2. The molecule has 1 unspecified atom stereocenters. The Bertz CT molecular complexity index is 792. The lowest BCUT2D eigenvalue weighted by atomic mass is 10.1. The molecule has 0 heterocycles. The van der Waals surface area contributed by atoms with E-state index in [4.69, 9.17) is 21.1 Å². The van der Waals surface area contributed by atoms with Crippen LogP contribution in [0, 0.1) is 0 Å². The van der Waals surface area contributed by atoms with Crippen molar-refractivity contribution in [2.75, 3.05) is 14.2 Å². The lowest BCUT2D eigenvalue weighted by Gasteiger charge is -2.17. The highest BCUT2D eigenvalue weighted by atomic mass is 35.5. The zero-order chi connectivity index (χ0) is 17.0. The van der Waals surface area contributed by atoms with Crippen molar-refractivity contribution >= 4 is 21.6 Å². The van der Waals surface area contributed by atoms with Crippen LogP contribution >= 0.6 is 11.6 Å². The van der Waals surface area contributed by atoms with Crippen molar-refractivity contribution in [3.8, 4) is 11.5 Å². The molecule has 2 aromatic carbocycles. The van der Waals surface area contributed by atoms with Gasteiger partial charge in [-0.15, -0.1) is 0 Å². The number of nitrogens with one attached hydrogen (secondary N) is 1. The lowest BCUT2D eigenvalue weighted by molar-refractivity contribution is 0.391. The zero-order valence-electron chi connectivity index (χ0n) is 13.0. The number of rotatable bonds is 6. The Labute approximate surface area is 141 Å². The third-order valence-corrected chi connectivity index (χ3v) is 5.27. The third-order valence-electron chi connectivity index (χ3n) is 3.36. The molecule has 5 nitrogen and oxygen atoms in total. The molecule has 1 N–H and O–H groups in total. The Morgan fingerprint density at radius 3 is 2.39 bits per heavy atom. The topological polar surface area (TPSA) is 64.6 Å². The summed E-state index contributed by atoms with van der Waals surface area (Å²) in [4.78, 5) is 0.0123. The van der Waals surface area contributed by atoms with Crippen LogP contribution in [0.2, 0.25) is 5.02 Å². The van der Waals surface area contributed by atoms with Crippen LogP contribution in [0.15, 0.2) is 47.4 Å². The van der Waals surface area contributed by atoms with Crippen LogP contribution in [0.5, 0.6) is 11.5 Å². The van der Waals surface area contributed by atoms with E-state index in [0.717, 1.165) is 0 Å². The average molecular weight is 356 g/mol. The summed E-state index contributed by atoms with van der Waals surface area (Å²) in [7, 11) is -0.928. The van der Waals surface area contributed by atoms with Crippen molar-refractivity contribution in [2.24, 2.45) is 0 Å². The van der Waals surface area contributed by atoms with E-state index in [-0.39, 0.29) is 10.6 Å². The molecular formula is C16H18ClNO4S. The smallest absolute Gasteiger partial charge is 0.244 e. The number of hydrogen-bond donors (Lipinski definition) is 1. The van der Waals surface area contributed by atoms with E-state index in [2.05, 4.69) is 4.72 Å². The Hall–Kier alpha value is -1.76. The highest BCUT2D eigenvalue weighted by Crippen LogP contribution is 2.30. The molecule has 2 rings (SSSR count). The SMILES string of the molecule is COc1ccc(OC)c(S(=O)(=O)NC(C)c2ccccc2Cl)c1. The second kappa shape index (κ2) is 7.21. The van der Waals surface area contributed by atoms with Crippen molar-refractivity contribution in [1.82, 2.24) is 4.72 Å². The van der Waals surface area contributed by atoms with Crippen molar-refractivity contribution in [1.29, 1.82) is 0 Å². The van der Waals surface area contributed by atoms with Gasteiger partial charge in [-0.25, -0.2) is 13.1 Å². The maximum Gasteiger partial charge on any atom is 0.244 e. The van der Waals surface area contributed by atoms with Gasteiger partial charge >= 0.3 is 0 Å². The summed E-state index contributed by atoms with van der Waals surface area (Å²) in [5.41, 5.74) is 0.694. The molecule has 0 fully saturated rings. The summed E-state index contributed by atoms with van der Waals surface area (Å²) in [6.45, 7) is 1.73. The summed E-state index contributed by atoms with van der Waals surface area (Å²) >= 11 is 6.12. The standard InChI is InChI=1S/C16H18ClNO4S/c1-11(13-6-4-5-7-14(13)17)18-23(19,20)16-10-12(21-2)8-9-15(16)22-3/h4-11,18H,1-3H3. The first-order chi connectivity index (χ1) is 10.9. The van der Waals surface area contributed by atoms with Gasteiger partial charge < -0.3 is 9.47 Å². The molecule has 124 valence electrons. The van der Waals surface area contributed by atoms with Crippen LogP contribution in [-0.4, -0.2) is 22.6 Å². The van der Waals surface area contributed by atoms with Gasteiger partial charge in [0.2, 0.25) is 10.0 Å². The Morgan fingerprint density at radius 2 is 1.78 bits per heavy atom. The van der Waals surface area contributed by atoms with Crippen LogP contribution in [0.1, 0.15) is 18.5 Å². The second-order valence-electron chi connectivity index (χ2n) is 4.88. The van der Waals surface area contributed by atoms with Crippen LogP contribution in [-0.2, 0) is 10.0 Å². The Kier molecular flexibility index (Phi) is 5.51. The van der Waals surface area contributed by atoms with E-state index in [1.807, 2.05) is 0 Å². The first-order valence-corrected chi connectivity index (χ1v) is 8.74. The van der Waals surface area contributed by atoms with Gasteiger partial charge in [0, 0.05) is 17.1 Å². The highest BCUT2D eigenvalue weighted by Gasteiger charge is 2.24. The van der Waals surface area contributed by atoms with Crippen LogP contribution in [0.4, 0.5) is 0 Å². The molecule has 0 saturated carbocycles. The first-order valence-electron chi connectivity index (χ1n) is 6.88. The van der Waals surface area contributed by atoms with E-state index in [1.54, 1.807) is 43.3 Å². The van der Waals surface area contributed by atoms with Gasteiger partial charge in [-0.3, -0.25) is 0 Å². The summed E-state index contributed by atoms with van der Waals surface area (Å²) in [5.74, 6) is 0.668. The van der Waals surface area contributed by atoms with Crippen molar-refractivity contribution in [2.45, 2.75) is 17.9 Å². The normalized spacial score (nSPS) is 12.7. The van der Waals surface area contributed by atoms with Gasteiger partial charge in [-0.2, -0.15) is 0 Å². The van der Waals surface area contributed by atoms with Crippen molar-refractivity contribution in [3.63, 3.8) is 0 Å². The monoisotopic (exact) mass is 355 g/mol. The summed E-state index contributed by atoms with van der Waals surface area (Å²) in [5, 5.41) is 0.500. The summed E-state index contributed by atoms with van der Waals surface area (Å²) < 4.78 is 38.2. The number of hydrogen-bond acceptors (Lipinski definition) is 4. The Morgan fingerprint density at radius 1 is 1.09 bits per heavy atom. The molecular weight excluding hydrogens is 338 g/mol. The number of ether oxygens (including phenoxy) is 2. The van der Waals surface area contributed by atoms with Gasteiger partial charge in [-0.05, 0) is 30.7 Å². The van der Waals surface area contributed by atoms with Crippen LogP contribution < -0.4 is 14.2 Å². The molecule has 0 aliphatic rings. The molecule has 0 bridgehead atoms. The minimum absolute atomic E-state index is 0.0123. The molecule has 0 aliphatic heterocycles. The predicted molar refractivity (Wildman–Crippen MR) is 89.7 cm³/mol. The van der Waals surface area contributed by atoms with E-state index >= 15 is 0 Å². The van der Waals surface area contributed by atoms with Gasteiger partial charge in [0.05, 0.1) is 14.2 Å². The van der Waals surface area contributed by atoms with E-state index in [9.17, 15) is 8.42 Å². The summed E-state index contributed by atoms with van der Waals surface area (Å²) in [6, 6.07) is 11.2. The van der Waals surface area contributed by atoms with Crippen molar-refractivity contribution < 1.29 is 17.9 Å². The first kappa shape index (κ1) is 17.6. The van der Waals surface area contributed by atoms with Gasteiger partial charge in [-0.1, -0.05) is 29.8 Å². The fourth-order valence-corrected chi connectivity index (χ4v) is 3.89. The molecule has 0 amide bonds. The molecule has 0 saturated heterocycles. The molecule has 7 heteroatoms. The van der Waals surface area contributed by atoms with Crippen LogP contribution in [0.25, 0.3) is 0 Å². The van der Waals surface area contributed by atoms with Gasteiger partial charge in [0.15, 0.2) is 0 Å². The molecule has 0 radical (unpaired) electrons. The maximum absolute atomic E-state index is 12.7. The molecule has 0 aromatic heterocycles. The van der Waals surface area contributed by atoms with Crippen LogP contribution in [0.3, 0.4) is 0 Å². The molecule has 23 heavy (non-hydrogen) atoms. The maximum atomic E-state index is 12.7. The van der Waals surface area contributed by atoms with E-state index < -0.39 is 16.1 Å².